The molecule has 106 valence electrons. The summed E-state index contributed by atoms with van der Waals surface area (Å²) in [5.41, 5.74) is 0.692. The molecule has 0 heterocycles. The Morgan fingerprint density at radius 1 is 0.944 bits per heavy atom. The van der Waals surface area contributed by atoms with E-state index in [1.54, 1.807) is 0 Å². The first kappa shape index (κ1) is 15.1. The van der Waals surface area contributed by atoms with Crippen molar-refractivity contribution in [3.63, 3.8) is 0 Å². The van der Waals surface area contributed by atoms with Crippen LogP contribution in [0.2, 0.25) is 0 Å². The topological polar surface area (TPSA) is 12.0 Å². The van der Waals surface area contributed by atoms with Gasteiger partial charge in [0, 0.05) is 29.4 Å². The van der Waals surface area contributed by atoms with E-state index in [1.165, 1.54) is 77.2 Å². The molecule has 0 radical (unpaired) electrons. The van der Waals surface area contributed by atoms with Crippen LogP contribution in [0.25, 0.3) is 0 Å². The van der Waals surface area contributed by atoms with Gasteiger partial charge in [0.05, 0.1) is 0 Å². The highest BCUT2D eigenvalue weighted by atomic mass is 127. The summed E-state index contributed by atoms with van der Waals surface area (Å²) < 4.78 is 3.36. The molecule has 2 aliphatic carbocycles. The summed E-state index contributed by atoms with van der Waals surface area (Å²) in [5, 5.41) is 0. The molecule has 0 aromatic heterocycles. The van der Waals surface area contributed by atoms with Crippen molar-refractivity contribution in [3.8, 4) is 0 Å². The van der Waals surface area contributed by atoms with Crippen LogP contribution in [0.1, 0.15) is 77.6 Å². The summed E-state index contributed by atoms with van der Waals surface area (Å²) in [6.45, 7) is 3.82. The number of hydrogen-bond donors (Lipinski definition) is 1. The van der Waals surface area contributed by atoms with Gasteiger partial charge in [-0.25, -0.2) is 0 Å². The molecule has 1 N–H and O–H groups in total. The molecule has 0 aromatic rings. The van der Waals surface area contributed by atoms with Gasteiger partial charge in [-0.2, -0.15) is 0 Å². The van der Waals surface area contributed by atoms with Gasteiger partial charge in [0.15, 0.2) is 0 Å². The van der Waals surface area contributed by atoms with E-state index in [0.29, 0.717) is 5.41 Å². The van der Waals surface area contributed by atoms with E-state index in [9.17, 15) is 0 Å². The minimum Gasteiger partial charge on any atom is -0.261 e. The number of rotatable bonds is 2. The second-order valence-corrected chi connectivity index (χ2v) is 7.74. The van der Waals surface area contributed by atoms with E-state index in [-0.39, 0.29) is 0 Å². The molecular formula is C16H30IN. The van der Waals surface area contributed by atoms with Gasteiger partial charge in [-0.3, -0.25) is 3.53 Å². The second-order valence-electron chi connectivity index (χ2n) is 6.98. The maximum Gasteiger partial charge on any atom is 0.0169 e. The normalized spacial score (nSPS) is 39.0. The zero-order valence-electron chi connectivity index (χ0n) is 12.0. The van der Waals surface area contributed by atoms with Crippen molar-refractivity contribution in [2.24, 2.45) is 17.3 Å². The smallest absolute Gasteiger partial charge is 0.0169 e. The molecular weight excluding hydrogens is 333 g/mol. The van der Waals surface area contributed by atoms with Crippen molar-refractivity contribution in [1.29, 1.82) is 0 Å². The Morgan fingerprint density at radius 2 is 1.56 bits per heavy atom. The predicted molar refractivity (Wildman–Crippen MR) is 87.9 cm³/mol. The molecule has 1 nitrogen and oxygen atoms in total. The summed E-state index contributed by atoms with van der Waals surface area (Å²) in [7, 11) is 0. The average Bonchev–Trinajstić information content (AvgIpc) is 2.36. The van der Waals surface area contributed by atoms with Gasteiger partial charge in [0.25, 0.3) is 0 Å². The summed E-state index contributed by atoms with van der Waals surface area (Å²) in [4.78, 5) is 0. The maximum absolute atomic E-state index is 3.36. The number of nitrogens with one attached hydrogen (secondary N) is 1. The molecule has 2 aliphatic rings. The summed E-state index contributed by atoms with van der Waals surface area (Å²) in [6, 6.07) is 0. The quantitative estimate of drug-likeness (QED) is 0.506. The maximum atomic E-state index is 3.36. The van der Waals surface area contributed by atoms with Gasteiger partial charge < -0.3 is 0 Å². The molecule has 18 heavy (non-hydrogen) atoms. The second kappa shape index (κ2) is 7.47. The van der Waals surface area contributed by atoms with Crippen molar-refractivity contribution in [2.75, 3.05) is 6.54 Å². The molecule has 0 spiro atoms. The number of fused-ring (bicyclic) bond motifs is 1. The number of hydrogen-bond acceptors (Lipinski definition) is 1. The zero-order valence-corrected chi connectivity index (χ0v) is 14.2. The van der Waals surface area contributed by atoms with E-state index in [0.717, 1.165) is 11.8 Å². The predicted octanol–water partition coefficient (Wildman–Crippen LogP) is 5.48. The Labute approximate surface area is 127 Å². The molecule has 2 saturated carbocycles. The minimum atomic E-state index is 0.692. The monoisotopic (exact) mass is 363 g/mol. The first-order chi connectivity index (χ1) is 8.74. The third-order valence-corrected chi connectivity index (χ3v) is 6.12. The van der Waals surface area contributed by atoms with Gasteiger partial charge in [0.2, 0.25) is 0 Å². The Kier molecular flexibility index (Phi) is 6.26. The third-order valence-electron chi connectivity index (χ3n) is 5.68. The van der Waals surface area contributed by atoms with Crippen LogP contribution < -0.4 is 3.53 Å². The van der Waals surface area contributed by atoms with Gasteiger partial charge in [0.1, 0.15) is 0 Å². The van der Waals surface area contributed by atoms with Gasteiger partial charge >= 0.3 is 0 Å². The lowest BCUT2D eigenvalue weighted by molar-refractivity contribution is 0.0849. The number of halogens is 1. The molecule has 0 aromatic carbocycles. The van der Waals surface area contributed by atoms with Crippen LogP contribution in [0.5, 0.6) is 0 Å². The molecule has 1 unspecified atom stereocenters. The van der Waals surface area contributed by atoms with E-state index in [1.807, 2.05) is 0 Å². The Bertz CT molecular complexity index is 243. The Hall–Kier alpha value is 0.690. The summed E-state index contributed by atoms with van der Waals surface area (Å²) in [5.74, 6) is 1.98. The standard InChI is InChI=1S/C16H30IN/c1-16-11-5-4-10-15(16)9-3-2-7-14(13-18-17)8-6-12-16/h14-15,18H,2-13H2,1H3/t14-,15?,16+/m1/s1. The highest BCUT2D eigenvalue weighted by molar-refractivity contribution is 14.1. The van der Waals surface area contributed by atoms with Crippen LogP contribution in [0.3, 0.4) is 0 Å². The summed E-state index contributed by atoms with van der Waals surface area (Å²) >= 11 is 2.31. The van der Waals surface area contributed by atoms with Crippen LogP contribution in [0.15, 0.2) is 0 Å². The average molecular weight is 363 g/mol. The molecule has 2 fully saturated rings. The van der Waals surface area contributed by atoms with Crippen molar-refractivity contribution < 1.29 is 0 Å². The van der Waals surface area contributed by atoms with Crippen molar-refractivity contribution >= 4 is 22.9 Å². The van der Waals surface area contributed by atoms with Gasteiger partial charge in [-0.15, -0.1) is 0 Å². The Morgan fingerprint density at radius 3 is 2.33 bits per heavy atom. The van der Waals surface area contributed by atoms with E-state index in [4.69, 9.17) is 0 Å². The van der Waals surface area contributed by atoms with Crippen molar-refractivity contribution in [3.05, 3.63) is 0 Å². The molecule has 0 bridgehead atoms. The highest BCUT2D eigenvalue weighted by Gasteiger charge is 2.35. The lowest BCUT2D eigenvalue weighted by atomic mass is 9.63. The Balaban J connectivity index is 1.92. The van der Waals surface area contributed by atoms with E-state index >= 15 is 0 Å². The first-order valence-electron chi connectivity index (χ1n) is 8.08. The highest BCUT2D eigenvalue weighted by Crippen LogP contribution is 2.47. The van der Waals surface area contributed by atoms with Crippen LogP contribution >= 0.6 is 22.9 Å². The van der Waals surface area contributed by atoms with Gasteiger partial charge in [-0.1, -0.05) is 39.0 Å². The third kappa shape index (κ3) is 4.09. The fourth-order valence-corrected chi connectivity index (χ4v) is 4.99. The van der Waals surface area contributed by atoms with Crippen LogP contribution in [-0.4, -0.2) is 6.54 Å². The molecule has 0 amide bonds. The fraction of sp³-hybridized carbons (Fsp3) is 1.00. The van der Waals surface area contributed by atoms with Crippen molar-refractivity contribution in [2.45, 2.75) is 77.6 Å². The molecule has 2 rings (SSSR count). The minimum absolute atomic E-state index is 0.692. The van der Waals surface area contributed by atoms with E-state index in [2.05, 4.69) is 33.3 Å². The molecule has 3 atom stereocenters. The zero-order chi connectivity index (χ0) is 12.8. The SMILES string of the molecule is C[C@@]12CCCCC1CCCC[C@@H](CNI)CCC2. The molecule has 0 saturated heterocycles. The van der Waals surface area contributed by atoms with Crippen molar-refractivity contribution in [1.82, 2.24) is 3.53 Å². The fourth-order valence-electron chi connectivity index (χ4n) is 4.37. The molecule has 0 aliphatic heterocycles. The lowest BCUT2D eigenvalue weighted by Gasteiger charge is -2.43. The van der Waals surface area contributed by atoms with Crippen LogP contribution in [0.4, 0.5) is 0 Å². The van der Waals surface area contributed by atoms with Crippen LogP contribution in [-0.2, 0) is 0 Å². The molecule has 2 heteroatoms. The van der Waals surface area contributed by atoms with Gasteiger partial charge in [-0.05, 0) is 55.8 Å². The van der Waals surface area contributed by atoms with Crippen LogP contribution in [0, 0.1) is 17.3 Å². The van der Waals surface area contributed by atoms with E-state index < -0.39 is 0 Å². The summed E-state index contributed by atoms with van der Waals surface area (Å²) in [6.07, 6.45) is 16.4. The first-order valence-corrected chi connectivity index (χ1v) is 9.16. The largest absolute Gasteiger partial charge is 0.261 e. The lowest BCUT2D eigenvalue weighted by Crippen LogP contribution is -2.32.